The summed E-state index contributed by atoms with van der Waals surface area (Å²) in [4.78, 5) is 23.7. The van der Waals surface area contributed by atoms with Crippen molar-refractivity contribution in [3.63, 3.8) is 0 Å². The Morgan fingerprint density at radius 1 is 0.610 bits per heavy atom. The maximum Gasteiger partial charge on any atom is 0.305 e. The van der Waals surface area contributed by atoms with Crippen molar-refractivity contribution in [2.45, 2.75) is 148 Å². The SMILES string of the molecule is CCCCC/C=C\C[C@@H](O)/C=C/C=C\C/C=C\CCCC(=O)OC[C@@H](O)COC(=O)CCCCCCCCCCC. The summed E-state index contributed by atoms with van der Waals surface area (Å²) in [5.74, 6) is -0.674. The Hall–Kier alpha value is -2.18. The first kappa shape index (κ1) is 38.8. The zero-order valence-corrected chi connectivity index (χ0v) is 26.2. The van der Waals surface area contributed by atoms with E-state index >= 15 is 0 Å². The van der Waals surface area contributed by atoms with E-state index in [1.807, 2.05) is 36.5 Å². The maximum absolute atomic E-state index is 11.9. The first-order chi connectivity index (χ1) is 20.0. The molecular formula is C35H60O6. The van der Waals surface area contributed by atoms with Crippen molar-refractivity contribution in [2.24, 2.45) is 0 Å². The van der Waals surface area contributed by atoms with E-state index in [2.05, 4.69) is 19.9 Å². The van der Waals surface area contributed by atoms with Crippen molar-refractivity contribution < 1.29 is 29.3 Å². The summed E-state index contributed by atoms with van der Waals surface area (Å²) in [6, 6.07) is 0. The van der Waals surface area contributed by atoms with Gasteiger partial charge in [-0.05, 0) is 44.9 Å². The van der Waals surface area contributed by atoms with Crippen LogP contribution >= 0.6 is 0 Å². The quantitative estimate of drug-likeness (QED) is 0.0420. The second kappa shape index (κ2) is 30.8. The van der Waals surface area contributed by atoms with Crippen LogP contribution in [-0.4, -0.2) is 47.6 Å². The van der Waals surface area contributed by atoms with Crippen LogP contribution in [-0.2, 0) is 19.1 Å². The van der Waals surface area contributed by atoms with Gasteiger partial charge in [0, 0.05) is 12.8 Å². The molecule has 0 unspecified atom stereocenters. The minimum Gasteiger partial charge on any atom is -0.463 e. The molecule has 2 N–H and O–H groups in total. The van der Waals surface area contributed by atoms with E-state index in [1.165, 1.54) is 57.8 Å². The minimum absolute atomic E-state index is 0.149. The van der Waals surface area contributed by atoms with E-state index in [9.17, 15) is 19.8 Å². The molecule has 2 atom stereocenters. The zero-order chi connectivity index (χ0) is 30.2. The molecule has 6 heteroatoms. The molecule has 41 heavy (non-hydrogen) atoms. The van der Waals surface area contributed by atoms with Gasteiger partial charge in [-0.15, -0.1) is 0 Å². The second-order valence-corrected chi connectivity index (χ2v) is 10.8. The predicted molar refractivity (Wildman–Crippen MR) is 170 cm³/mol. The van der Waals surface area contributed by atoms with Gasteiger partial charge in [-0.2, -0.15) is 0 Å². The summed E-state index contributed by atoms with van der Waals surface area (Å²) < 4.78 is 10.2. The van der Waals surface area contributed by atoms with Crippen molar-refractivity contribution >= 4 is 11.9 Å². The van der Waals surface area contributed by atoms with Crippen LogP contribution in [0.15, 0.2) is 48.6 Å². The second-order valence-electron chi connectivity index (χ2n) is 10.8. The molecule has 0 amide bonds. The third-order valence-electron chi connectivity index (χ3n) is 6.65. The van der Waals surface area contributed by atoms with Crippen LogP contribution in [0.4, 0.5) is 0 Å². The van der Waals surface area contributed by atoms with Crippen molar-refractivity contribution in [3.8, 4) is 0 Å². The summed E-state index contributed by atoms with van der Waals surface area (Å²) in [6.45, 7) is 4.10. The molecule has 6 nitrogen and oxygen atoms in total. The van der Waals surface area contributed by atoms with Gasteiger partial charge in [-0.25, -0.2) is 0 Å². The summed E-state index contributed by atoms with van der Waals surface area (Å²) in [5, 5.41) is 19.8. The highest BCUT2D eigenvalue weighted by Gasteiger charge is 2.11. The molecule has 0 saturated heterocycles. The smallest absolute Gasteiger partial charge is 0.305 e. The number of allylic oxidation sites excluding steroid dienone is 6. The lowest BCUT2D eigenvalue weighted by Crippen LogP contribution is -2.25. The van der Waals surface area contributed by atoms with Crippen molar-refractivity contribution in [1.82, 2.24) is 0 Å². The lowest BCUT2D eigenvalue weighted by molar-refractivity contribution is -0.152. The van der Waals surface area contributed by atoms with E-state index in [-0.39, 0.29) is 31.6 Å². The molecule has 0 aliphatic carbocycles. The molecule has 0 radical (unpaired) electrons. The first-order valence-electron chi connectivity index (χ1n) is 16.3. The fourth-order valence-corrected chi connectivity index (χ4v) is 4.10. The lowest BCUT2D eigenvalue weighted by atomic mass is 10.1. The molecule has 0 heterocycles. The van der Waals surface area contributed by atoms with Crippen LogP contribution in [0.2, 0.25) is 0 Å². The fourth-order valence-electron chi connectivity index (χ4n) is 4.10. The standard InChI is InChI=1S/C35H60O6/c1-3-5-7-9-11-12-16-20-24-28-34(38)40-30-33(37)31-41-35(39)29-25-21-17-14-13-15-19-23-27-32(36)26-22-18-10-8-6-4-2/h14-15,17-19,22-23,27,32-33,36-37H,3-13,16,20-21,24-26,28-31H2,1-2H3/b17-14-,19-15-,22-18-,27-23+/t32-,33+/m1/s1. The number of unbranched alkanes of at least 4 members (excludes halogenated alkanes) is 12. The number of carbonyl (C=O) groups is 2. The van der Waals surface area contributed by atoms with Crippen LogP contribution in [0.3, 0.4) is 0 Å². The van der Waals surface area contributed by atoms with Crippen LogP contribution in [0.5, 0.6) is 0 Å². The van der Waals surface area contributed by atoms with E-state index < -0.39 is 12.2 Å². The largest absolute Gasteiger partial charge is 0.463 e. The Labute approximate surface area is 251 Å². The van der Waals surface area contributed by atoms with Gasteiger partial charge in [-0.3, -0.25) is 9.59 Å². The zero-order valence-electron chi connectivity index (χ0n) is 26.2. The van der Waals surface area contributed by atoms with Gasteiger partial charge >= 0.3 is 11.9 Å². The Kier molecular flexibility index (Phi) is 29.1. The monoisotopic (exact) mass is 576 g/mol. The number of aliphatic hydroxyl groups is 2. The van der Waals surface area contributed by atoms with Gasteiger partial charge < -0.3 is 19.7 Å². The van der Waals surface area contributed by atoms with Crippen molar-refractivity contribution in [3.05, 3.63) is 48.6 Å². The third-order valence-corrected chi connectivity index (χ3v) is 6.65. The molecule has 0 aromatic carbocycles. The van der Waals surface area contributed by atoms with E-state index in [1.54, 1.807) is 6.08 Å². The average molecular weight is 577 g/mol. The third kappa shape index (κ3) is 30.6. The Balaban J connectivity index is 3.68. The van der Waals surface area contributed by atoms with Crippen LogP contribution in [0.25, 0.3) is 0 Å². The van der Waals surface area contributed by atoms with Crippen molar-refractivity contribution in [1.29, 1.82) is 0 Å². The molecular weight excluding hydrogens is 516 g/mol. The molecule has 0 aliphatic heterocycles. The maximum atomic E-state index is 11.9. The topological polar surface area (TPSA) is 93.1 Å². The molecule has 0 rings (SSSR count). The van der Waals surface area contributed by atoms with Gasteiger partial charge in [0.2, 0.25) is 0 Å². The van der Waals surface area contributed by atoms with Gasteiger partial charge in [0.1, 0.15) is 19.3 Å². The summed E-state index contributed by atoms with van der Waals surface area (Å²) in [5.41, 5.74) is 0. The van der Waals surface area contributed by atoms with E-state index in [0.29, 0.717) is 19.3 Å². The van der Waals surface area contributed by atoms with Crippen LogP contribution < -0.4 is 0 Å². The Morgan fingerprint density at radius 2 is 1.15 bits per heavy atom. The number of aliphatic hydroxyl groups excluding tert-OH is 2. The molecule has 236 valence electrons. The number of carbonyl (C=O) groups excluding carboxylic acids is 2. The van der Waals surface area contributed by atoms with Crippen LogP contribution in [0, 0.1) is 0 Å². The normalized spacial score (nSPS) is 13.6. The molecule has 0 aliphatic rings. The molecule has 0 bridgehead atoms. The Bertz CT molecular complexity index is 724. The van der Waals surface area contributed by atoms with E-state index in [0.717, 1.165) is 38.5 Å². The minimum atomic E-state index is -1.00. The van der Waals surface area contributed by atoms with Crippen LogP contribution in [0.1, 0.15) is 136 Å². The summed E-state index contributed by atoms with van der Waals surface area (Å²) in [7, 11) is 0. The van der Waals surface area contributed by atoms with Gasteiger partial charge in [0.15, 0.2) is 0 Å². The van der Waals surface area contributed by atoms with E-state index in [4.69, 9.17) is 9.47 Å². The number of hydrogen-bond acceptors (Lipinski definition) is 6. The highest BCUT2D eigenvalue weighted by Crippen LogP contribution is 2.11. The fraction of sp³-hybridized carbons (Fsp3) is 0.714. The summed E-state index contributed by atoms with van der Waals surface area (Å²) in [6.07, 6.45) is 33.4. The number of ether oxygens (including phenoxy) is 2. The Morgan fingerprint density at radius 3 is 1.80 bits per heavy atom. The average Bonchev–Trinajstić information content (AvgIpc) is 2.96. The first-order valence-corrected chi connectivity index (χ1v) is 16.3. The number of rotatable bonds is 28. The number of esters is 2. The molecule has 0 spiro atoms. The molecule has 0 fully saturated rings. The van der Waals surface area contributed by atoms with Gasteiger partial charge in [-0.1, -0.05) is 127 Å². The predicted octanol–water partition coefficient (Wildman–Crippen LogP) is 8.47. The summed E-state index contributed by atoms with van der Waals surface area (Å²) >= 11 is 0. The lowest BCUT2D eigenvalue weighted by Gasteiger charge is -2.12. The highest BCUT2D eigenvalue weighted by atomic mass is 16.6. The highest BCUT2D eigenvalue weighted by molar-refractivity contribution is 5.69. The van der Waals surface area contributed by atoms with Gasteiger partial charge in [0.25, 0.3) is 0 Å². The number of hydrogen-bond donors (Lipinski definition) is 2. The van der Waals surface area contributed by atoms with Gasteiger partial charge in [0.05, 0.1) is 6.10 Å². The van der Waals surface area contributed by atoms with Crippen molar-refractivity contribution in [2.75, 3.05) is 13.2 Å². The molecule has 0 saturated carbocycles. The molecule has 0 aromatic rings. The molecule has 0 aromatic heterocycles.